The first-order valence-electron chi connectivity index (χ1n) is 8.29. The third-order valence-electron chi connectivity index (χ3n) is 3.93. The smallest absolute Gasteiger partial charge is 0.225 e. The van der Waals surface area contributed by atoms with Crippen LogP contribution >= 0.6 is 0 Å². The Kier molecular flexibility index (Phi) is 4.16. The van der Waals surface area contributed by atoms with Crippen LogP contribution in [0.15, 0.2) is 54.7 Å². The van der Waals surface area contributed by atoms with Gasteiger partial charge in [0.1, 0.15) is 11.6 Å². The summed E-state index contributed by atoms with van der Waals surface area (Å²) in [4.78, 5) is 13.6. The van der Waals surface area contributed by atoms with Crippen LogP contribution in [0, 0.1) is 0 Å². The molecule has 126 valence electrons. The van der Waals surface area contributed by atoms with Gasteiger partial charge in [-0.3, -0.25) is 4.98 Å². The fourth-order valence-corrected chi connectivity index (χ4v) is 2.52. The first-order chi connectivity index (χ1) is 12.3. The van der Waals surface area contributed by atoms with E-state index in [4.69, 9.17) is 4.74 Å². The van der Waals surface area contributed by atoms with Crippen molar-refractivity contribution in [2.45, 2.75) is 18.9 Å². The number of aromatic nitrogens is 3. The highest BCUT2D eigenvalue weighted by Crippen LogP contribution is 2.29. The molecule has 6 heteroatoms. The Bertz CT molecular complexity index is 865. The zero-order valence-electron chi connectivity index (χ0n) is 13.9. The number of pyridine rings is 1. The summed E-state index contributed by atoms with van der Waals surface area (Å²) in [5, 5.41) is 6.68. The van der Waals surface area contributed by atoms with Gasteiger partial charge in [0.15, 0.2) is 0 Å². The zero-order valence-corrected chi connectivity index (χ0v) is 13.9. The van der Waals surface area contributed by atoms with Crippen LogP contribution in [0.1, 0.15) is 12.8 Å². The van der Waals surface area contributed by atoms with Gasteiger partial charge in [-0.2, -0.15) is 4.98 Å². The molecular formula is C19H19N5O. The summed E-state index contributed by atoms with van der Waals surface area (Å²) in [7, 11) is 1.65. The molecule has 4 rings (SSSR count). The van der Waals surface area contributed by atoms with E-state index in [1.54, 1.807) is 13.3 Å². The van der Waals surface area contributed by atoms with Crippen LogP contribution in [0.4, 0.5) is 17.5 Å². The number of anilines is 3. The average Bonchev–Trinajstić information content (AvgIpc) is 3.47. The minimum Gasteiger partial charge on any atom is -0.495 e. The fraction of sp³-hybridized carbons (Fsp3) is 0.211. The van der Waals surface area contributed by atoms with Gasteiger partial charge in [0.05, 0.1) is 24.2 Å². The number of hydrogen-bond acceptors (Lipinski definition) is 6. The topological polar surface area (TPSA) is 72.0 Å². The standard InChI is InChI=1S/C19H19N5O/c1-25-17-8-3-2-7-15(17)22-18-12-16(14-6-4-5-11-20-14)23-19(24-18)21-13-9-10-13/h2-8,11-13H,9-10H2,1H3,(H2,21,22,23,24). The van der Waals surface area contributed by atoms with Crippen LogP contribution in [0.3, 0.4) is 0 Å². The number of hydrogen-bond donors (Lipinski definition) is 2. The molecule has 2 heterocycles. The van der Waals surface area contributed by atoms with Gasteiger partial charge in [0.2, 0.25) is 5.95 Å². The van der Waals surface area contributed by atoms with Gasteiger partial charge in [-0.05, 0) is 37.1 Å². The number of para-hydroxylation sites is 2. The number of ether oxygens (including phenoxy) is 1. The van der Waals surface area contributed by atoms with E-state index in [1.165, 1.54) is 0 Å². The number of methoxy groups -OCH3 is 1. The number of nitrogens with zero attached hydrogens (tertiary/aromatic N) is 3. The van der Waals surface area contributed by atoms with E-state index >= 15 is 0 Å². The van der Waals surface area contributed by atoms with Crippen molar-refractivity contribution in [2.75, 3.05) is 17.7 Å². The molecule has 6 nitrogen and oxygen atoms in total. The van der Waals surface area contributed by atoms with E-state index in [9.17, 15) is 0 Å². The zero-order chi connectivity index (χ0) is 17.1. The Labute approximate surface area is 146 Å². The van der Waals surface area contributed by atoms with Gasteiger partial charge in [-0.25, -0.2) is 4.98 Å². The van der Waals surface area contributed by atoms with E-state index in [2.05, 4.69) is 25.6 Å². The summed E-state index contributed by atoms with van der Waals surface area (Å²) in [6.45, 7) is 0. The first kappa shape index (κ1) is 15.4. The maximum atomic E-state index is 5.40. The maximum absolute atomic E-state index is 5.40. The quantitative estimate of drug-likeness (QED) is 0.713. The monoisotopic (exact) mass is 333 g/mol. The third-order valence-corrected chi connectivity index (χ3v) is 3.93. The lowest BCUT2D eigenvalue weighted by Gasteiger charge is -2.13. The van der Waals surface area contributed by atoms with E-state index in [0.717, 1.165) is 35.7 Å². The highest BCUT2D eigenvalue weighted by molar-refractivity contribution is 5.68. The average molecular weight is 333 g/mol. The second kappa shape index (κ2) is 6.76. The van der Waals surface area contributed by atoms with E-state index < -0.39 is 0 Å². The minimum absolute atomic E-state index is 0.470. The van der Waals surface area contributed by atoms with Crippen LogP contribution in [0.25, 0.3) is 11.4 Å². The Morgan fingerprint density at radius 2 is 1.84 bits per heavy atom. The lowest BCUT2D eigenvalue weighted by molar-refractivity contribution is 0.417. The van der Waals surface area contributed by atoms with Crippen molar-refractivity contribution in [1.82, 2.24) is 15.0 Å². The number of rotatable bonds is 6. The van der Waals surface area contributed by atoms with Crippen LogP contribution in [0.2, 0.25) is 0 Å². The van der Waals surface area contributed by atoms with Gasteiger partial charge >= 0.3 is 0 Å². The highest BCUT2D eigenvalue weighted by atomic mass is 16.5. The molecule has 1 aliphatic rings. The molecule has 0 spiro atoms. The molecule has 1 fully saturated rings. The van der Waals surface area contributed by atoms with Gasteiger partial charge in [0, 0.05) is 18.3 Å². The van der Waals surface area contributed by atoms with Crippen molar-refractivity contribution >= 4 is 17.5 Å². The molecule has 3 aromatic rings. The summed E-state index contributed by atoms with van der Waals surface area (Å²) in [5.41, 5.74) is 2.44. The molecule has 0 bridgehead atoms. The molecule has 0 unspecified atom stereocenters. The molecule has 2 aromatic heterocycles. The normalized spacial score (nSPS) is 13.3. The predicted octanol–water partition coefficient (Wildman–Crippen LogP) is 3.87. The second-order valence-corrected chi connectivity index (χ2v) is 5.92. The van der Waals surface area contributed by atoms with E-state index in [0.29, 0.717) is 17.8 Å². The molecule has 1 aromatic carbocycles. The molecule has 25 heavy (non-hydrogen) atoms. The summed E-state index contributed by atoms with van der Waals surface area (Å²) in [6, 6.07) is 15.9. The van der Waals surface area contributed by atoms with Crippen molar-refractivity contribution < 1.29 is 4.74 Å². The fourth-order valence-electron chi connectivity index (χ4n) is 2.52. The number of benzene rings is 1. The Morgan fingerprint density at radius 1 is 1.00 bits per heavy atom. The van der Waals surface area contributed by atoms with Crippen molar-refractivity contribution in [3.8, 4) is 17.1 Å². The molecule has 0 saturated heterocycles. The lowest BCUT2D eigenvalue weighted by atomic mass is 10.2. The van der Waals surface area contributed by atoms with Crippen LogP contribution in [0.5, 0.6) is 5.75 Å². The van der Waals surface area contributed by atoms with Gasteiger partial charge in [0.25, 0.3) is 0 Å². The molecule has 0 amide bonds. The van der Waals surface area contributed by atoms with Gasteiger partial charge in [-0.1, -0.05) is 18.2 Å². The van der Waals surface area contributed by atoms with Crippen molar-refractivity contribution in [1.29, 1.82) is 0 Å². The molecule has 0 aliphatic heterocycles. The van der Waals surface area contributed by atoms with Crippen molar-refractivity contribution in [3.63, 3.8) is 0 Å². The number of nitrogens with one attached hydrogen (secondary N) is 2. The summed E-state index contributed by atoms with van der Waals surface area (Å²) < 4.78 is 5.40. The van der Waals surface area contributed by atoms with Crippen molar-refractivity contribution in [2.24, 2.45) is 0 Å². The first-order valence-corrected chi connectivity index (χ1v) is 8.29. The Morgan fingerprint density at radius 3 is 2.60 bits per heavy atom. The van der Waals surface area contributed by atoms with Crippen LogP contribution in [-0.4, -0.2) is 28.1 Å². The molecule has 1 aliphatic carbocycles. The molecule has 2 N–H and O–H groups in total. The van der Waals surface area contributed by atoms with Crippen molar-refractivity contribution in [3.05, 3.63) is 54.7 Å². The molecule has 0 radical (unpaired) electrons. The van der Waals surface area contributed by atoms with E-state index in [1.807, 2.05) is 48.5 Å². The third kappa shape index (κ3) is 3.68. The lowest BCUT2D eigenvalue weighted by Crippen LogP contribution is -2.08. The molecule has 1 saturated carbocycles. The summed E-state index contributed by atoms with van der Waals surface area (Å²) in [6.07, 6.45) is 4.08. The SMILES string of the molecule is COc1ccccc1Nc1cc(-c2ccccn2)nc(NC2CC2)n1. The van der Waals surface area contributed by atoms with Gasteiger partial charge < -0.3 is 15.4 Å². The van der Waals surface area contributed by atoms with Crippen LogP contribution in [-0.2, 0) is 0 Å². The second-order valence-electron chi connectivity index (χ2n) is 5.92. The summed E-state index contributed by atoms with van der Waals surface area (Å²) >= 11 is 0. The maximum Gasteiger partial charge on any atom is 0.225 e. The van der Waals surface area contributed by atoms with Gasteiger partial charge in [-0.15, -0.1) is 0 Å². The van der Waals surface area contributed by atoms with Crippen LogP contribution < -0.4 is 15.4 Å². The predicted molar refractivity (Wildman–Crippen MR) is 98.2 cm³/mol. The van der Waals surface area contributed by atoms with E-state index in [-0.39, 0.29) is 0 Å². The minimum atomic E-state index is 0.470. The molecular weight excluding hydrogens is 314 g/mol. The molecule has 0 atom stereocenters. The Hall–Kier alpha value is -3.15. The Balaban J connectivity index is 1.70. The largest absolute Gasteiger partial charge is 0.495 e. The summed E-state index contributed by atoms with van der Waals surface area (Å²) in [5.74, 6) is 2.07. The highest BCUT2D eigenvalue weighted by Gasteiger charge is 2.22.